The number of guanidine groups is 1. The molecule has 0 saturated carbocycles. The molecule has 0 unspecified atom stereocenters. The van der Waals surface area contributed by atoms with Crippen molar-refractivity contribution >= 4 is 41.5 Å². The fourth-order valence-corrected chi connectivity index (χ4v) is 3.17. The lowest BCUT2D eigenvalue weighted by molar-refractivity contribution is 0.414. The van der Waals surface area contributed by atoms with Crippen LogP contribution in [-0.2, 0) is 26.7 Å². The van der Waals surface area contributed by atoms with Crippen molar-refractivity contribution in [3.05, 3.63) is 76.3 Å². The van der Waals surface area contributed by atoms with Gasteiger partial charge in [-0.15, -0.1) is 34.2 Å². The Balaban J connectivity index is 0.00000341. The van der Waals surface area contributed by atoms with Gasteiger partial charge in [-0.3, -0.25) is 0 Å². The molecule has 1 heterocycles. The van der Waals surface area contributed by atoms with E-state index in [-0.39, 0.29) is 24.0 Å². The number of methoxy groups -OCH3 is 1. The molecule has 166 valence electrons. The molecule has 2 aromatic carbocycles. The van der Waals surface area contributed by atoms with Crippen LogP contribution < -0.4 is 10.1 Å². The molecule has 9 heteroatoms. The number of nitrogens with one attached hydrogen (secondary N) is 1. The van der Waals surface area contributed by atoms with Crippen LogP contribution in [0.25, 0.3) is 0 Å². The number of ether oxygens (including phenoxy) is 1. The largest absolute Gasteiger partial charge is 0.497 e. The third-order valence-corrected chi connectivity index (χ3v) is 5.06. The number of hydrogen-bond acceptors (Lipinski definition) is 4. The average molecular weight is 555 g/mol. The zero-order valence-corrected chi connectivity index (χ0v) is 21.3. The summed E-state index contributed by atoms with van der Waals surface area (Å²) in [4.78, 5) is 6.89. The third-order valence-electron chi connectivity index (χ3n) is 4.83. The van der Waals surface area contributed by atoms with Crippen molar-refractivity contribution in [3.63, 3.8) is 0 Å². The Hall–Kier alpha value is -2.33. The Kier molecular flexibility index (Phi) is 9.57. The summed E-state index contributed by atoms with van der Waals surface area (Å²) in [6.07, 6.45) is 0. The van der Waals surface area contributed by atoms with E-state index in [9.17, 15) is 0 Å². The summed E-state index contributed by atoms with van der Waals surface area (Å²) in [7, 11) is 5.62. The lowest BCUT2D eigenvalue weighted by atomic mass is 10.2. The van der Waals surface area contributed by atoms with E-state index in [1.165, 1.54) is 0 Å². The molecule has 0 radical (unpaired) electrons. The average Bonchev–Trinajstić information content (AvgIpc) is 3.06. The predicted octanol–water partition coefficient (Wildman–Crippen LogP) is 4.18. The number of halogens is 2. The van der Waals surface area contributed by atoms with Gasteiger partial charge in [0, 0.05) is 25.7 Å². The second kappa shape index (κ2) is 11.9. The van der Waals surface area contributed by atoms with Crippen LogP contribution in [0.5, 0.6) is 5.75 Å². The Bertz CT molecular complexity index is 1010. The van der Waals surface area contributed by atoms with Crippen LogP contribution in [0.1, 0.15) is 22.8 Å². The van der Waals surface area contributed by atoms with E-state index in [1.807, 2.05) is 68.1 Å². The summed E-state index contributed by atoms with van der Waals surface area (Å²) < 4.78 is 7.19. The molecule has 1 N–H and O–H groups in total. The van der Waals surface area contributed by atoms with Crippen LogP contribution in [0.4, 0.5) is 0 Å². The molecule has 1 aromatic heterocycles. The molecular weight excluding hydrogens is 527 g/mol. The van der Waals surface area contributed by atoms with E-state index in [2.05, 4.69) is 26.5 Å². The van der Waals surface area contributed by atoms with Crippen molar-refractivity contribution in [2.45, 2.75) is 26.6 Å². The lowest BCUT2D eigenvalue weighted by Crippen LogP contribution is -2.38. The van der Waals surface area contributed by atoms with E-state index in [0.717, 1.165) is 39.5 Å². The highest BCUT2D eigenvalue weighted by Crippen LogP contribution is 2.14. The van der Waals surface area contributed by atoms with Crippen LogP contribution in [0.3, 0.4) is 0 Å². The normalized spacial score (nSPS) is 11.1. The minimum absolute atomic E-state index is 0. The van der Waals surface area contributed by atoms with Crippen molar-refractivity contribution in [1.29, 1.82) is 0 Å². The summed E-state index contributed by atoms with van der Waals surface area (Å²) in [6.45, 7) is 3.68. The van der Waals surface area contributed by atoms with E-state index in [4.69, 9.17) is 21.3 Å². The SMILES string of the molecule is COc1ccc(CN=C(NCc2nnc(C)n2C)N(C)Cc2cccc(Cl)c2)cc1.I. The third kappa shape index (κ3) is 7.10. The maximum absolute atomic E-state index is 6.14. The van der Waals surface area contributed by atoms with Crippen LogP contribution in [-0.4, -0.2) is 39.8 Å². The van der Waals surface area contributed by atoms with Gasteiger partial charge < -0.3 is 19.5 Å². The Morgan fingerprint density at radius 2 is 1.90 bits per heavy atom. The van der Waals surface area contributed by atoms with Crippen molar-refractivity contribution in [1.82, 2.24) is 25.0 Å². The molecule has 31 heavy (non-hydrogen) atoms. The van der Waals surface area contributed by atoms with Gasteiger partial charge in [-0.1, -0.05) is 35.9 Å². The number of aryl methyl sites for hydroxylation is 1. The molecule has 0 atom stereocenters. The zero-order chi connectivity index (χ0) is 21.5. The quantitative estimate of drug-likeness (QED) is 0.270. The molecule has 3 aromatic rings. The Morgan fingerprint density at radius 3 is 2.52 bits per heavy atom. The number of nitrogens with zero attached hydrogens (tertiary/aromatic N) is 5. The van der Waals surface area contributed by atoms with Gasteiger partial charge in [-0.25, -0.2) is 4.99 Å². The van der Waals surface area contributed by atoms with E-state index < -0.39 is 0 Å². The van der Waals surface area contributed by atoms with Crippen LogP contribution in [0.15, 0.2) is 53.5 Å². The fourth-order valence-electron chi connectivity index (χ4n) is 2.96. The Morgan fingerprint density at radius 1 is 1.16 bits per heavy atom. The smallest absolute Gasteiger partial charge is 0.194 e. The summed E-state index contributed by atoms with van der Waals surface area (Å²) in [5.41, 5.74) is 2.21. The lowest BCUT2D eigenvalue weighted by Gasteiger charge is -2.22. The summed E-state index contributed by atoms with van der Waals surface area (Å²) in [6, 6.07) is 15.8. The number of hydrogen-bond donors (Lipinski definition) is 1. The van der Waals surface area contributed by atoms with Crippen molar-refractivity contribution in [2.24, 2.45) is 12.0 Å². The molecule has 7 nitrogen and oxygen atoms in total. The van der Waals surface area contributed by atoms with Gasteiger partial charge in [0.15, 0.2) is 11.8 Å². The maximum atomic E-state index is 6.14. The highest BCUT2D eigenvalue weighted by atomic mass is 127. The molecule has 0 spiro atoms. The fraction of sp³-hybridized carbons (Fsp3) is 0.318. The highest BCUT2D eigenvalue weighted by molar-refractivity contribution is 14.0. The second-order valence-electron chi connectivity index (χ2n) is 7.05. The zero-order valence-electron chi connectivity index (χ0n) is 18.2. The highest BCUT2D eigenvalue weighted by Gasteiger charge is 2.11. The minimum atomic E-state index is 0. The molecule has 0 aliphatic heterocycles. The minimum Gasteiger partial charge on any atom is -0.497 e. The summed E-state index contributed by atoms with van der Waals surface area (Å²) in [5, 5.41) is 12.5. The van der Waals surface area contributed by atoms with Gasteiger partial charge in [0.1, 0.15) is 11.6 Å². The van der Waals surface area contributed by atoms with Crippen molar-refractivity contribution < 1.29 is 4.74 Å². The molecule has 0 aliphatic rings. The second-order valence-corrected chi connectivity index (χ2v) is 7.49. The van der Waals surface area contributed by atoms with Gasteiger partial charge in [-0.05, 0) is 42.3 Å². The van der Waals surface area contributed by atoms with Gasteiger partial charge in [0.25, 0.3) is 0 Å². The molecule has 0 aliphatic carbocycles. The number of rotatable bonds is 7. The van der Waals surface area contributed by atoms with Crippen LogP contribution >= 0.6 is 35.6 Å². The first kappa shape index (κ1) is 24.9. The standard InChI is InChI=1S/C22H27ClN6O.HI/c1-16-26-27-21(29(16)3)14-25-22(24-13-17-8-10-20(30-4)11-9-17)28(2)15-18-6-5-7-19(23)12-18;/h5-12H,13-15H2,1-4H3,(H,24,25);1H. The molecule has 3 rings (SSSR count). The van der Waals surface area contributed by atoms with Crippen LogP contribution in [0.2, 0.25) is 5.02 Å². The van der Waals surface area contributed by atoms with Gasteiger partial charge in [0.2, 0.25) is 0 Å². The first-order valence-corrected chi connectivity index (χ1v) is 10.1. The van der Waals surface area contributed by atoms with E-state index in [1.54, 1.807) is 7.11 Å². The Labute approximate surface area is 205 Å². The predicted molar refractivity (Wildman–Crippen MR) is 135 cm³/mol. The van der Waals surface area contributed by atoms with Gasteiger partial charge in [-0.2, -0.15) is 0 Å². The number of aliphatic imine (C=N–C) groups is 1. The van der Waals surface area contributed by atoms with Gasteiger partial charge >= 0.3 is 0 Å². The van der Waals surface area contributed by atoms with Crippen molar-refractivity contribution in [3.8, 4) is 5.75 Å². The maximum Gasteiger partial charge on any atom is 0.194 e. The first-order chi connectivity index (χ1) is 14.5. The molecule has 0 bridgehead atoms. The molecule has 0 fully saturated rings. The van der Waals surface area contributed by atoms with Gasteiger partial charge in [0.05, 0.1) is 20.2 Å². The molecular formula is C22H28ClIN6O. The number of benzene rings is 2. The topological polar surface area (TPSA) is 67.6 Å². The van der Waals surface area contributed by atoms with Crippen molar-refractivity contribution in [2.75, 3.05) is 14.2 Å². The summed E-state index contributed by atoms with van der Waals surface area (Å²) in [5.74, 6) is 3.32. The summed E-state index contributed by atoms with van der Waals surface area (Å²) >= 11 is 6.14. The van der Waals surface area contributed by atoms with E-state index in [0.29, 0.717) is 19.6 Å². The molecule has 0 saturated heterocycles. The van der Waals surface area contributed by atoms with E-state index >= 15 is 0 Å². The number of aromatic nitrogens is 3. The molecule has 0 amide bonds. The monoisotopic (exact) mass is 554 g/mol. The van der Waals surface area contributed by atoms with Crippen LogP contribution in [0, 0.1) is 6.92 Å². The first-order valence-electron chi connectivity index (χ1n) is 9.68.